The van der Waals surface area contributed by atoms with Crippen LogP contribution in [-0.2, 0) is 4.74 Å². The number of halogens is 1. The van der Waals surface area contributed by atoms with Crippen LogP contribution in [-0.4, -0.2) is 35.2 Å². The Bertz CT molecular complexity index is 687. The molecule has 22 heavy (non-hydrogen) atoms. The quantitative estimate of drug-likeness (QED) is 0.937. The maximum Gasteiger partial charge on any atom is 0.275 e. The molecule has 2 aromatic rings. The number of pyridine rings is 2. The number of ether oxygens (including phenoxy) is 2. The van der Waals surface area contributed by atoms with Crippen LogP contribution in [0.25, 0.3) is 0 Å². The van der Waals surface area contributed by atoms with Crippen LogP contribution >= 0.6 is 11.6 Å². The van der Waals surface area contributed by atoms with Gasteiger partial charge >= 0.3 is 0 Å². The minimum Gasteiger partial charge on any atom is -0.485 e. The van der Waals surface area contributed by atoms with E-state index in [0.29, 0.717) is 35.5 Å². The van der Waals surface area contributed by atoms with Gasteiger partial charge < -0.3 is 14.8 Å². The summed E-state index contributed by atoms with van der Waals surface area (Å²) in [6.45, 7) is 2.94. The Hall–Kier alpha value is -2.18. The summed E-state index contributed by atoms with van der Waals surface area (Å²) >= 11 is 5.76. The molecule has 0 radical (unpaired) electrons. The summed E-state index contributed by atoms with van der Waals surface area (Å²) in [6, 6.07) is 6.67. The van der Waals surface area contributed by atoms with Gasteiger partial charge in [0.2, 0.25) is 0 Å². The molecule has 0 aliphatic carbocycles. The fourth-order valence-electron chi connectivity index (χ4n) is 1.93. The normalized spacial score (nSPS) is 14.3. The number of aryl methyl sites for hydroxylation is 1. The molecule has 114 valence electrons. The molecule has 7 heteroatoms. The highest BCUT2D eigenvalue weighted by Gasteiger charge is 2.21. The van der Waals surface area contributed by atoms with Crippen LogP contribution in [0.1, 0.15) is 16.2 Å². The zero-order valence-corrected chi connectivity index (χ0v) is 12.6. The summed E-state index contributed by atoms with van der Waals surface area (Å²) < 4.78 is 10.8. The Kier molecular flexibility index (Phi) is 4.22. The minimum atomic E-state index is -0.353. The second kappa shape index (κ2) is 6.29. The molecule has 0 saturated carbocycles. The molecule has 6 nitrogen and oxygen atoms in total. The summed E-state index contributed by atoms with van der Waals surface area (Å²) in [5.41, 5.74) is 0.971. The van der Waals surface area contributed by atoms with Crippen molar-refractivity contribution in [3.05, 3.63) is 46.9 Å². The molecule has 1 saturated heterocycles. The lowest BCUT2D eigenvalue weighted by Crippen LogP contribution is -2.38. The van der Waals surface area contributed by atoms with Crippen molar-refractivity contribution in [3.8, 4) is 5.75 Å². The molecular formula is C15H14ClN3O3. The van der Waals surface area contributed by atoms with Crippen molar-refractivity contribution in [2.75, 3.05) is 18.5 Å². The van der Waals surface area contributed by atoms with E-state index >= 15 is 0 Å². The molecule has 3 heterocycles. The van der Waals surface area contributed by atoms with Gasteiger partial charge in [-0.25, -0.2) is 9.97 Å². The number of carbonyl (C=O) groups excluding carboxylic acids is 1. The molecule has 1 N–H and O–H groups in total. The molecule has 1 amide bonds. The van der Waals surface area contributed by atoms with Gasteiger partial charge in [0.05, 0.1) is 18.2 Å². The summed E-state index contributed by atoms with van der Waals surface area (Å²) in [6.07, 6.45) is 1.50. The summed E-state index contributed by atoms with van der Waals surface area (Å²) in [5, 5.41) is 3.17. The average Bonchev–Trinajstić information content (AvgIpc) is 2.45. The summed E-state index contributed by atoms with van der Waals surface area (Å²) in [4.78, 5) is 20.5. The Labute approximate surface area is 132 Å². The standard InChI is InChI=1S/C15H14ClN3O3/c1-9-4-11(22-12-7-21-8-12)5-13(18-9)15(20)19-14-3-2-10(16)6-17-14/h2-6,12H,7-8H2,1H3,(H,17,19,20). The topological polar surface area (TPSA) is 73.3 Å². The van der Waals surface area contributed by atoms with E-state index in [1.54, 1.807) is 31.2 Å². The van der Waals surface area contributed by atoms with Gasteiger partial charge in [0.1, 0.15) is 23.4 Å². The van der Waals surface area contributed by atoms with Gasteiger partial charge in [0.25, 0.3) is 5.91 Å². The second-order valence-electron chi connectivity index (χ2n) is 4.92. The first-order valence-electron chi connectivity index (χ1n) is 6.76. The van der Waals surface area contributed by atoms with Crippen molar-refractivity contribution in [1.29, 1.82) is 0 Å². The van der Waals surface area contributed by atoms with Crippen molar-refractivity contribution in [2.45, 2.75) is 13.0 Å². The Morgan fingerprint density at radius 3 is 2.86 bits per heavy atom. The summed E-state index contributed by atoms with van der Waals surface area (Å²) in [7, 11) is 0. The third kappa shape index (κ3) is 3.52. The van der Waals surface area contributed by atoms with Crippen LogP contribution < -0.4 is 10.1 Å². The molecule has 3 rings (SSSR count). The second-order valence-corrected chi connectivity index (χ2v) is 5.36. The molecule has 0 aromatic carbocycles. The highest BCUT2D eigenvalue weighted by Crippen LogP contribution is 2.19. The lowest BCUT2D eigenvalue weighted by molar-refractivity contribution is -0.0797. The van der Waals surface area contributed by atoms with E-state index in [1.165, 1.54) is 6.20 Å². The third-order valence-electron chi connectivity index (χ3n) is 3.04. The van der Waals surface area contributed by atoms with E-state index in [0.717, 1.165) is 0 Å². The first-order chi connectivity index (χ1) is 10.6. The number of carbonyl (C=O) groups is 1. The average molecular weight is 320 g/mol. The van der Waals surface area contributed by atoms with Crippen LogP contribution in [0.2, 0.25) is 5.02 Å². The van der Waals surface area contributed by atoms with Gasteiger partial charge in [0, 0.05) is 24.0 Å². The number of nitrogens with zero attached hydrogens (tertiary/aromatic N) is 2. The van der Waals surface area contributed by atoms with E-state index in [9.17, 15) is 4.79 Å². The van der Waals surface area contributed by atoms with Crippen LogP contribution in [0.3, 0.4) is 0 Å². The molecule has 1 fully saturated rings. The fraction of sp³-hybridized carbons (Fsp3) is 0.267. The third-order valence-corrected chi connectivity index (χ3v) is 3.26. The molecule has 0 spiro atoms. The van der Waals surface area contributed by atoms with Gasteiger partial charge in [-0.2, -0.15) is 0 Å². The van der Waals surface area contributed by atoms with Gasteiger partial charge in [-0.3, -0.25) is 4.79 Å². The van der Waals surface area contributed by atoms with Gasteiger partial charge in [0.15, 0.2) is 0 Å². The number of hydrogen-bond donors (Lipinski definition) is 1. The molecular weight excluding hydrogens is 306 g/mol. The van der Waals surface area contributed by atoms with Crippen molar-refractivity contribution < 1.29 is 14.3 Å². The lowest BCUT2D eigenvalue weighted by Gasteiger charge is -2.26. The Balaban J connectivity index is 1.74. The maximum atomic E-state index is 12.2. The fourth-order valence-corrected chi connectivity index (χ4v) is 2.04. The van der Waals surface area contributed by atoms with E-state index in [4.69, 9.17) is 21.1 Å². The predicted octanol–water partition coefficient (Wildman–Crippen LogP) is 2.47. The molecule has 1 aliphatic rings. The van der Waals surface area contributed by atoms with E-state index in [2.05, 4.69) is 15.3 Å². The lowest BCUT2D eigenvalue weighted by atomic mass is 10.2. The zero-order chi connectivity index (χ0) is 15.5. The van der Waals surface area contributed by atoms with E-state index < -0.39 is 0 Å². The van der Waals surface area contributed by atoms with Crippen molar-refractivity contribution in [3.63, 3.8) is 0 Å². The predicted molar refractivity (Wildman–Crippen MR) is 81.4 cm³/mol. The molecule has 0 unspecified atom stereocenters. The largest absolute Gasteiger partial charge is 0.485 e. The Morgan fingerprint density at radius 2 is 2.23 bits per heavy atom. The van der Waals surface area contributed by atoms with Crippen LogP contribution in [0, 0.1) is 6.92 Å². The number of anilines is 1. The van der Waals surface area contributed by atoms with Crippen molar-refractivity contribution >= 4 is 23.3 Å². The van der Waals surface area contributed by atoms with Crippen molar-refractivity contribution in [2.24, 2.45) is 0 Å². The van der Waals surface area contributed by atoms with Gasteiger partial charge in [-0.1, -0.05) is 11.6 Å². The number of aromatic nitrogens is 2. The number of rotatable bonds is 4. The molecule has 1 aliphatic heterocycles. The molecule has 0 bridgehead atoms. The maximum absolute atomic E-state index is 12.2. The summed E-state index contributed by atoms with van der Waals surface area (Å²) in [5.74, 6) is 0.663. The molecule has 0 atom stereocenters. The van der Waals surface area contributed by atoms with Crippen LogP contribution in [0.5, 0.6) is 5.75 Å². The number of amides is 1. The highest BCUT2D eigenvalue weighted by molar-refractivity contribution is 6.30. The smallest absolute Gasteiger partial charge is 0.275 e. The SMILES string of the molecule is Cc1cc(OC2COC2)cc(C(=O)Nc2ccc(Cl)cn2)n1. The zero-order valence-electron chi connectivity index (χ0n) is 11.9. The van der Waals surface area contributed by atoms with Crippen LogP contribution in [0.15, 0.2) is 30.5 Å². The highest BCUT2D eigenvalue weighted by atomic mass is 35.5. The first-order valence-corrected chi connectivity index (χ1v) is 7.14. The Morgan fingerprint density at radius 1 is 1.41 bits per heavy atom. The number of hydrogen-bond acceptors (Lipinski definition) is 5. The van der Waals surface area contributed by atoms with Crippen LogP contribution in [0.4, 0.5) is 5.82 Å². The van der Waals surface area contributed by atoms with Gasteiger partial charge in [-0.15, -0.1) is 0 Å². The monoisotopic (exact) mass is 319 g/mol. The van der Waals surface area contributed by atoms with Gasteiger partial charge in [-0.05, 0) is 19.1 Å². The van der Waals surface area contributed by atoms with Crippen molar-refractivity contribution in [1.82, 2.24) is 9.97 Å². The number of nitrogens with one attached hydrogen (secondary N) is 1. The minimum absolute atomic E-state index is 0.0376. The van der Waals surface area contributed by atoms with E-state index in [-0.39, 0.29) is 17.7 Å². The van der Waals surface area contributed by atoms with E-state index in [1.807, 2.05) is 0 Å². The first kappa shape index (κ1) is 14.7. The molecule has 2 aromatic heterocycles.